The fourth-order valence-corrected chi connectivity index (χ4v) is 13.1. The van der Waals surface area contributed by atoms with Gasteiger partial charge in [0.2, 0.25) is 5.91 Å². The van der Waals surface area contributed by atoms with Gasteiger partial charge in [0, 0.05) is 17.3 Å². The molecular formula is C41H64N2O6. The molecule has 0 aromatic carbocycles. The summed E-state index contributed by atoms with van der Waals surface area (Å²) in [4.78, 5) is 51.8. The van der Waals surface area contributed by atoms with Crippen LogP contribution in [0.1, 0.15) is 140 Å². The molecule has 274 valence electrons. The number of Topliss-reactive ketones (excluding diaryl/α,β-unsaturated/α-hetero) is 1. The fraction of sp³-hybridized carbons (Fsp3) is 0.854. The monoisotopic (exact) mass is 680 g/mol. The van der Waals surface area contributed by atoms with Crippen molar-refractivity contribution in [2.75, 3.05) is 0 Å². The summed E-state index contributed by atoms with van der Waals surface area (Å²) >= 11 is 0. The van der Waals surface area contributed by atoms with E-state index in [9.17, 15) is 19.2 Å². The first-order valence-electron chi connectivity index (χ1n) is 19.2. The lowest BCUT2D eigenvalue weighted by Crippen LogP contribution is -2.68. The molecule has 6 aliphatic rings. The number of esters is 1. The normalized spacial score (nSPS) is 43.7. The summed E-state index contributed by atoms with van der Waals surface area (Å²) in [5.41, 5.74) is 6.35. The number of carbonyl (C=O) groups excluding carboxylic acids is 4. The van der Waals surface area contributed by atoms with Crippen molar-refractivity contribution in [2.45, 2.75) is 164 Å². The number of fused-ring (bicyclic) bond motifs is 7. The molecule has 0 aromatic rings. The molecule has 6 rings (SSSR count). The topological polar surface area (TPSA) is 125 Å². The van der Waals surface area contributed by atoms with Crippen molar-refractivity contribution < 1.29 is 28.7 Å². The SMILES string of the molecule is CC(C)C1=C2[C@H]3CC[C@@H]4[C@@]5(C)CC[C@H](OC(=O)[C@H]6C[C@@H](OC=O)C6(C)C)C(C)(C)[C@@H]5CC[C@@]4(C)[C@]3(C)CC[C@@]2(NC(=O)C(C)(C)N)CC1=O. The Morgan fingerprint density at radius 2 is 1.55 bits per heavy atom. The van der Waals surface area contributed by atoms with Crippen molar-refractivity contribution in [1.29, 1.82) is 0 Å². The number of ketones is 1. The van der Waals surface area contributed by atoms with Gasteiger partial charge in [-0.05, 0) is 123 Å². The van der Waals surface area contributed by atoms with Gasteiger partial charge in [0.1, 0.15) is 12.2 Å². The summed E-state index contributed by atoms with van der Waals surface area (Å²) in [6.45, 7) is 24.5. The van der Waals surface area contributed by atoms with Crippen LogP contribution in [0.3, 0.4) is 0 Å². The van der Waals surface area contributed by atoms with Gasteiger partial charge in [0.05, 0.1) is 17.0 Å². The molecule has 10 atom stereocenters. The highest BCUT2D eigenvalue weighted by molar-refractivity contribution is 6.02. The largest absolute Gasteiger partial charge is 0.464 e. The van der Waals surface area contributed by atoms with Crippen LogP contribution in [-0.4, -0.2) is 47.4 Å². The van der Waals surface area contributed by atoms with E-state index in [1.54, 1.807) is 13.8 Å². The predicted octanol–water partition coefficient (Wildman–Crippen LogP) is 7.07. The Balaban J connectivity index is 1.28. The summed E-state index contributed by atoms with van der Waals surface area (Å²) in [6, 6.07) is 0. The van der Waals surface area contributed by atoms with Gasteiger partial charge in [-0.3, -0.25) is 19.2 Å². The molecule has 1 amide bonds. The van der Waals surface area contributed by atoms with Crippen LogP contribution >= 0.6 is 0 Å². The first kappa shape index (κ1) is 36.6. The highest BCUT2D eigenvalue weighted by Crippen LogP contribution is 2.76. The third kappa shape index (κ3) is 5.05. The maximum Gasteiger partial charge on any atom is 0.310 e. The molecule has 5 saturated carbocycles. The van der Waals surface area contributed by atoms with Gasteiger partial charge >= 0.3 is 5.97 Å². The number of carbonyl (C=O) groups is 4. The second kappa shape index (κ2) is 11.4. The molecule has 8 heteroatoms. The lowest BCUT2D eigenvalue weighted by Gasteiger charge is -2.72. The molecule has 0 unspecified atom stereocenters. The van der Waals surface area contributed by atoms with E-state index in [0.717, 1.165) is 56.9 Å². The van der Waals surface area contributed by atoms with Crippen LogP contribution in [-0.2, 0) is 28.7 Å². The highest BCUT2D eigenvalue weighted by Gasteiger charge is 2.70. The fourth-order valence-electron chi connectivity index (χ4n) is 13.1. The van der Waals surface area contributed by atoms with Crippen molar-refractivity contribution in [3.63, 3.8) is 0 Å². The van der Waals surface area contributed by atoms with E-state index in [0.29, 0.717) is 31.1 Å². The van der Waals surface area contributed by atoms with Crippen molar-refractivity contribution in [3.8, 4) is 0 Å². The number of nitrogens with one attached hydrogen (secondary N) is 1. The van der Waals surface area contributed by atoms with Crippen LogP contribution in [0.4, 0.5) is 0 Å². The lowest BCUT2D eigenvalue weighted by atomic mass is 9.33. The zero-order chi connectivity index (χ0) is 36.3. The molecule has 8 nitrogen and oxygen atoms in total. The zero-order valence-electron chi connectivity index (χ0n) is 32.2. The van der Waals surface area contributed by atoms with Crippen LogP contribution < -0.4 is 11.1 Å². The summed E-state index contributed by atoms with van der Waals surface area (Å²) in [6.07, 6.45) is 8.36. The van der Waals surface area contributed by atoms with Crippen LogP contribution in [0.15, 0.2) is 11.1 Å². The van der Waals surface area contributed by atoms with Crippen molar-refractivity contribution in [1.82, 2.24) is 5.32 Å². The molecule has 0 spiro atoms. The summed E-state index contributed by atoms with van der Waals surface area (Å²) in [5, 5.41) is 3.39. The highest BCUT2D eigenvalue weighted by atomic mass is 16.6. The van der Waals surface area contributed by atoms with E-state index in [4.69, 9.17) is 15.2 Å². The average molecular weight is 681 g/mol. The lowest BCUT2D eigenvalue weighted by molar-refractivity contribution is -0.236. The Morgan fingerprint density at radius 3 is 2.14 bits per heavy atom. The molecule has 5 fully saturated rings. The molecule has 0 heterocycles. The van der Waals surface area contributed by atoms with E-state index in [1.165, 1.54) is 5.57 Å². The smallest absolute Gasteiger partial charge is 0.310 e. The minimum Gasteiger partial charge on any atom is -0.464 e. The van der Waals surface area contributed by atoms with Crippen LogP contribution in [0.25, 0.3) is 0 Å². The third-order valence-electron chi connectivity index (χ3n) is 16.2. The molecule has 0 aromatic heterocycles. The van der Waals surface area contributed by atoms with E-state index in [1.807, 2.05) is 13.8 Å². The van der Waals surface area contributed by atoms with Gasteiger partial charge in [-0.15, -0.1) is 0 Å². The first-order valence-corrected chi connectivity index (χ1v) is 19.2. The van der Waals surface area contributed by atoms with E-state index in [-0.39, 0.29) is 69.3 Å². The molecule has 0 bridgehead atoms. The summed E-state index contributed by atoms with van der Waals surface area (Å²) in [5.74, 6) is 0.843. The first-order chi connectivity index (χ1) is 22.5. The Hall–Kier alpha value is -2.22. The Bertz CT molecular complexity index is 1460. The molecule has 6 aliphatic carbocycles. The number of rotatable bonds is 7. The van der Waals surface area contributed by atoms with Crippen LogP contribution in [0.5, 0.6) is 0 Å². The molecular weight excluding hydrogens is 616 g/mol. The number of amides is 1. The second-order valence-electron chi connectivity index (χ2n) is 20.1. The number of ether oxygens (including phenoxy) is 2. The van der Waals surface area contributed by atoms with Crippen LogP contribution in [0, 0.1) is 56.7 Å². The molecule has 3 N–H and O–H groups in total. The maximum absolute atomic E-state index is 13.8. The summed E-state index contributed by atoms with van der Waals surface area (Å²) in [7, 11) is 0. The minimum absolute atomic E-state index is 0.0140. The molecule has 0 aliphatic heterocycles. The number of nitrogens with two attached hydrogens (primary N) is 1. The second-order valence-corrected chi connectivity index (χ2v) is 20.1. The molecule has 0 saturated heterocycles. The van der Waals surface area contributed by atoms with Gasteiger partial charge in [0.15, 0.2) is 5.78 Å². The van der Waals surface area contributed by atoms with E-state index < -0.39 is 16.5 Å². The van der Waals surface area contributed by atoms with Gasteiger partial charge < -0.3 is 20.5 Å². The van der Waals surface area contributed by atoms with Crippen molar-refractivity contribution in [3.05, 3.63) is 11.1 Å². The Kier molecular flexibility index (Phi) is 8.50. The van der Waals surface area contributed by atoms with Gasteiger partial charge in [-0.1, -0.05) is 62.3 Å². The third-order valence-corrected chi connectivity index (χ3v) is 16.2. The minimum atomic E-state index is -1.03. The predicted molar refractivity (Wildman–Crippen MR) is 189 cm³/mol. The number of hydrogen-bond acceptors (Lipinski definition) is 7. The molecule has 49 heavy (non-hydrogen) atoms. The molecule has 0 radical (unpaired) electrons. The average Bonchev–Trinajstić information content (AvgIpc) is 3.28. The quantitative estimate of drug-likeness (QED) is 0.218. The van der Waals surface area contributed by atoms with E-state index in [2.05, 4.69) is 53.8 Å². The van der Waals surface area contributed by atoms with Crippen molar-refractivity contribution >= 4 is 24.1 Å². The van der Waals surface area contributed by atoms with Crippen LogP contribution in [0.2, 0.25) is 0 Å². The Morgan fingerprint density at radius 1 is 0.878 bits per heavy atom. The zero-order valence-corrected chi connectivity index (χ0v) is 32.2. The van der Waals surface area contributed by atoms with E-state index >= 15 is 0 Å². The van der Waals surface area contributed by atoms with Crippen molar-refractivity contribution in [2.24, 2.45) is 62.4 Å². The van der Waals surface area contributed by atoms with Gasteiger partial charge in [0.25, 0.3) is 6.47 Å². The number of hydrogen-bond donors (Lipinski definition) is 2. The maximum atomic E-state index is 13.8. The van der Waals surface area contributed by atoms with Gasteiger partial charge in [-0.2, -0.15) is 0 Å². The Labute approximate surface area is 294 Å². The number of allylic oxidation sites excluding steroid dienone is 1. The van der Waals surface area contributed by atoms with Gasteiger partial charge in [-0.25, -0.2) is 0 Å². The summed E-state index contributed by atoms with van der Waals surface area (Å²) < 4.78 is 11.7. The standard InChI is InChI=1S/C41H64N2O6/c1-23(2)31-26(45)21-41(43-34(47)37(7,8)42)19-18-39(10)24(32(31)41)12-13-28-38(9)16-15-29(36(5,6)27(38)14-17-40(28,39)11)49-33(46)25-20-30(48-22-44)35(25,3)4/h22-25,27-30H,12-21,42H2,1-11H3,(H,43,47)/t24-,25-,27+,28-,29+,30-,38+,39-,40-,41-/m1/s1.